The summed E-state index contributed by atoms with van der Waals surface area (Å²) in [6, 6.07) is 5.30. The number of thiophene rings is 1. The van der Waals surface area contributed by atoms with Crippen molar-refractivity contribution in [3.05, 3.63) is 28.8 Å². The van der Waals surface area contributed by atoms with Gasteiger partial charge < -0.3 is 0 Å². The molecule has 0 fully saturated rings. The van der Waals surface area contributed by atoms with Crippen LogP contribution in [0, 0.1) is 6.92 Å². The lowest BCUT2D eigenvalue weighted by Gasteiger charge is -2.08. The van der Waals surface area contributed by atoms with Crippen molar-refractivity contribution in [1.29, 1.82) is 0 Å². The second-order valence-corrected chi connectivity index (χ2v) is 7.83. The topological polar surface area (TPSA) is 46.2 Å². The highest BCUT2D eigenvalue weighted by atomic mass is 35.5. The number of aryl methyl sites for hydroxylation is 1. The number of hydrogen-bond acceptors (Lipinski definition) is 3. The van der Waals surface area contributed by atoms with Crippen LogP contribution in [0.5, 0.6) is 0 Å². The van der Waals surface area contributed by atoms with E-state index in [4.69, 9.17) is 11.6 Å². The van der Waals surface area contributed by atoms with Gasteiger partial charge in [-0.2, -0.15) is 0 Å². The van der Waals surface area contributed by atoms with Crippen LogP contribution < -0.4 is 4.72 Å². The summed E-state index contributed by atoms with van der Waals surface area (Å²) in [6.45, 7) is 5.41. The first-order valence-corrected chi connectivity index (χ1v) is 8.20. The van der Waals surface area contributed by atoms with E-state index < -0.39 is 10.0 Å². The first-order valence-electron chi connectivity index (χ1n) is 5.52. The lowest BCUT2D eigenvalue weighted by atomic mass is 10.2. The molecule has 2 rings (SSSR count). The third-order valence-corrected chi connectivity index (χ3v) is 6.28. The van der Waals surface area contributed by atoms with Crippen molar-refractivity contribution in [2.24, 2.45) is 0 Å². The minimum absolute atomic E-state index is 0.122. The monoisotopic (exact) mass is 303 g/mol. The number of fused-ring (bicyclic) bond motifs is 1. The molecule has 1 N–H and O–H groups in total. The minimum atomic E-state index is -3.44. The molecule has 2 aromatic rings. The number of sulfonamides is 1. The van der Waals surface area contributed by atoms with Gasteiger partial charge in [-0.15, -0.1) is 11.3 Å². The van der Waals surface area contributed by atoms with Gasteiger partial charge in [0.15, 0.2) is 0 Å². The largest absolute Gasteiger partial charge is 0.250 e. The average Bonchev–Trinajstić information content (AvgIpc) is 2.55. The summed E-state index contributed by atoms with van der Waals surface area (Å²) in [5.41, 5.74) is 0.755. The van der Waals surface area contributed by atoms with E-state index >= 15 is 0 Å². The Balaban J connectivity index is 2.63. The van der Waals surface area contributed by atoms with E-state index in [-0.39, 0.29) is 6.04 Å². The Kier molecular flexibility index (Phi) is 3.69. The third-order valence-electron chi connectivity index (χ3n) is 2.49. The van der Waals surface area contributed by atoms with E-state index in [0.29, 0.717) is 9.23 Å². The molecule has 1 aromatic heterocycles. The molecule has 98 valence electrons. The first kappa shape index (κ1) is 13.8. The molecule has 18 heavy (non-hydrogen) atoms. The fourth-order valence-corrected chi connectivity index (χ4v) is 4.98. The highest BCUT2D eigenvalue weighted by Gasteiger charge is 2.22. The maximum Gasteiger partial charge on any atom is 0.250 e. The van der Waals surface area contributed by atoms with Gasteiger partial charge in [-0.25, -0.2) is 13.1 Å². The van der Waals surface area contributed by atoms with E-state index in [9.17, 15) is 8.42 Å². The van der Waals surface area contributed by atoms with Gasteiger partial charge >= 0.3 is 0 Å². The van der Waals surface area contributed by atoms with Crippen LogP contribution in [0.4, 0.5) is 0 Å². The van der Waals surface area contributed by atoms with Crippen molar-refractivity contribution in [2.75, 3.05) is 0 Å². The van der Waals surface area contributed by atoms with E-state index in [0.717, 1.165) is 15.6 Å². The molecule has 1 heterocycles. The van der Waals surface area contributed by atoms with Crippen molar-refractivity contribution in [1.82, 2.24) is 4.72 Å². The molecule has 0 saturated heterocycles. The molecule has 0 spiro atoms. The number of benzene rings is 1. The van der Waals surface area contributed by atoms with Crippen LogP contribution in [0.1, 0.15) is 19.4 Å². The van der Waals surface area contributed by atoms with Gasteiger partial charge in [0.1, 0.15) is 4.21 Å². The lowest BCUT2D eigenvalue weighted by molar-refractivity contribution is 0.571. The molecule has 0 amide bonds. The Labute approximate surface area is 116 Å². The maximum atomic E-state index is 12.2. The average molecular weight is 304 g/mol. The quantitative estimate of drug-likeness (QED) is 0.942. The fourth-order valence-electron chi connectivity index (χ4n) is 1.79. The van der Waals surface area contributed by atoms with Crippen molar-refractivity contribution >= 4 is 43.0 Å². The van der Waals surface area contributed by atoms with Gasteiger partial charge in [-0.3, -0.25) is 0 Å². The van der Waals surface area contributed by atoms with E-state index in [2.05, 4.69) is 4.72 Å². The Morgan fingerprint density at radius 2 is 2.00 bits per heavy atom. The minimum Gasteiger partial charge on any atom is -0.208 e. The van der Waals surface area contributed by atoms with Crippen LogP contribution in [-0.4, -0.2) is 14.5 Å². The van der Waals surface area contributed by atoms with Crippen LogP contribution in [0.25, 0.3) is 10.1 Å². The Morgan fingerprint density at radius 3 is 2.61 bits per heavy atom. The molecule has 0 atom stereocenters. The van der Waals surface area contributed by atoms with Crippen LogP contribution in [0.2, 0.25) is 5.02 Å². The van der Waals surface area contributed by atoms with Crippen molar-refractivity contribution < 1.29 is 8.42 Å². The van der Waals surface area contributed by atoms with Crippen LogP contribution in [0.15, 0.2) is 22.4 Å². The molecule has 0 aliphatic rings. The molecule has 0 radical (unpaired) electrons. The SMILES string of the molecule is Cc1c(S(=O)(=O)NC(C)C)sc2ccc(Cl)cc12. The van der Waals surface area contributed by atoms with Gasteiger partial charge in [0.05, 0.1) is 0 Å². The van der Waals surface area contributed by atoms with Crippen LogP contribution in [-0.2, 0) is 10.0 Å². The van der Waals surface area contributed by atoms with Crippen LogP contribution >= 0.6 is 22.9 Å². The summed E-state index contributed by atoms with van der Waals surface area (Å²) >= 11 is 7.21. The van der Waals surface area contributed by atoms with E-state index in [1.54, 1.807) is 26.0 Å². The van der Waals surface area contributed by atoms with Crippen LogP contribution in [0.3, 0.4) is 0 Å². The third kappa shape index (κ3) is 2.54. The van der Waals surface area contributed by atoms with Gasteiger partial charge in [0.25, 0.3) is 10.0 Å². The van der Waals surface area contributed by atoms with Crippen molar-refractivity contribution in [2.45, 2.75) is 31.0 Å². The number of hydrogen-bond donors (Lipinski definition) is 1. The second kappa shape index (κ2) is 4.81. The van der Waals surface area contributed by atoms with E-state index in [1.807, 2.05) is 13.0 Å². The Bertz CT molecular complexity index is 689. The highest BCUT2D eigenvalue weighted by Crippen LogP contribution is 2.35. The van der Waals surface area contributed by atoms with E-state index in [1.165, 1.54) is 11.3 Å². The molecular formula is C12H14ClNO2S2. The molecule has 0 aliphatic heterocycles. The molecule has 0 saturated carbocycles. The Hall–Kier alpha value is -0.620. The molecule has 0 aliphatic carbocycles. The maximum absolute atomic E-state index is 12.2. The molecule has 1 aromatic carbocycles. The zero-order valence-electron chi connectivity index (χ0n) is 10.3. The number of halogens is 1. The summed E-state index contributed by atoms with van der Waals surface area (Å²) in [4.78, 5) is 0. The second-order valence-electron chi connectivity index (χ2n) is 4.43. The summed E-state index contributed by atoms with van der Waals surface area (Å²) in [6.07, 6.45) is 0. The standard InChI is InChI=1S/C12H14ClNO2S2/c1-7(2)14-18(15,16)12-8(3)10-6-9(13)4-5-11(10)17-12/h4-7,14H,1-3H3. The predicted octanol–water partition coefficient (Wildman–Crippen LogP) is 3.55. The summed E-state index contributed by atoms with van der Waals surface area (Å²) in [7, 11) is -3.44. The molecule has 3 nitrogen and oxygen atoms in total. The van der Waals surface area contributed by atoms with Crippen molar-refractivity contribution in [3.63, 3.8) is 0 Å². The molecular weight excluding hydrogens is 290 g/mol. The fraction of sp³-hybridized carbons (Fsp3) is 0.333. The van der Waals surface area contributed by atoms with Gasteiger partial charge in [-0.1, -0.05) is 11.6 Å². The highest BCUT2D eigenvalue weighted by molar-refractivity contribution is 7.91. The summed E-state index contributed by atoms with van der Waals surface area (Å²) in [5, 5.41) is 1.51. The first-order chi connectivity index (χ1) is 8.31. The predicted molar refractivity (Wildman–Crippen MR) is 77.0 cm³/mol. The molecule has 6 heteroatoms. The summed E-state index contributed by atoms with van der Waals surface area (Å²) in [5.74, 6) is 0. The Morgan fingerprint density at radius 1 is 1.33 bits per heavy atom. The van der Waals surface area contributed by atoms with Gasteiger partial charge in [0, 0.05) is 15.8 Å². The van der Waals surface area contributed by atoms with Gasteiger partial charge in [0.2, 0.25) is 0 Å². The molecule has 0 unspecified atom stereocenters. The van der Waals surface area contributed by atoms with Gasteiger partial charge in [-0.05, 0) is 49.9 Å². The summed E-state index contributed by atoms with van der Waals surface area (Å²) < 4.78 is 28.3. The number of nitrogens with one attached hydrogen (secondary N) is 1. The molecule has 0 bridgehead atoms. The number of rotatable bonds is 3. The lowest BCUT2D eigenvalue weighted by Crippen LogP contribution is -2.30. The zero-order chi connectivity index (χ0) is 13.5. The normalized spacial score (nSPS) is 12.5. The zero-order valence-corrected chi connectivity index (χ0v) is 12.7. The van der Waals surface area contributed by atoms with Crippen molar-refractivity contribution in [3.8, 4) is 0 Å². The smallest absolute Gasteiger partial charge is 0.208 e.